The maximum absolute atomic E-state index is 13.0. The van der Waals surface area contributed by atoms with Crippen LogP contribution in [0.25, 0.3) is 0 Å². The number of nitrogens with zero attached hydrogens (tertiary/aromatic N) is 3. The van der Waals surface area contributed by atoms with E-state index in [1.165, 1.54) is 0 Å². The Kier molecular flexibility index (Phi) is 7.62. The standard InChI is InChI=1S/C20H32N4O3/c1-21-19(25)18(15-8-10-16(27-5)11-9-15)24-12-6-7-17(24)20(26)23(4)14-13-22(2)3/h8-11,17-18H,6-7,12-14H2,1-5H3,(H,21,25)/t17-,18+/m0/s1. The number of methoxy groups -OCH3 is 1. The molecule has 1 N–H and O–H groups in total. The summed E-state index contributed by atoms with van der Waals surface area (Å²) in [6.07, 6.45) is 1.68. The van der Waals surface area contributed by atoms with Crippen molar-refractivity contribution < 1.29 is 14.3 Å². The van der Waals surface area contributed by atoms with Crippen LogP contribution in [0.2, 0.25) is 0 Å². The summed E-state index contributed by atoms with van der Waals surface area (Å²) in [6.45, 7) is 2.21. The number of carbonyl (C=O) groups excluding carboxylic acids is 2. The minimum absolute atomic E-state index is 0.0803. The number of carbonyl (C=O) groups is 2. The lowest BCUT2D eigenvalue weighted by Gasteiger charge is -2.33. The van der Waals surface area contributed by atoms with Gasteiger partial charge >= 0.3 is 0 Å². The van der Waals surface area contributed by atoms with Gasteiger partial charge in [0.1, 0.15) is 11.8 Å². The van der Waals surface area contributed by atoms with Crippen molar-refractivity contribution >= 4 is 11.8 Å². The lowest BCUT2D eigenvalue weighted by molar-refractivity contribution is -0.137. The third kappa shape index (κ3) is 5.20. The largest absolute Gasteiger partial charge is 0.497 e. The van der Waals surface area contributed by atoms with Crippen LogP contribution < -0.4 is 10.1 Å². The Hall–Kier alpha value is -2.12. The van der Waals surface area contributed by atoms with Crippen LogP contribution in [0.15, 0.2) is 24.3 Å². The monoisotopic (exact) mass is 376 g/mol. The zero-order chi connectivity index (χ0) is 20.0. The maximum Gasteiger partial charge on any atom is 0.241 e. The second-order valence-electron chi connectivity index (χ2n) is 7.25. The van der Waals surface area contributed by atoms with Crippen LogP contribution in [0, 0.1) is 0 Å². The number of hydrogen-bond acceptors (Lipinski definition) is 5. The summed E-state index contributed by atoms with van der Waals surface area (Å²) in [5.74, 6) is 0.722. The van der Waals surface area contributed by atoms with Crippen molar-refractivity contribution in [2.24, 2.45) is 0 Å². The van der Waals surface area contributed by atoms with Gasteiger partial charge in [0.05, 0.1) is 13.2 Å². The number of likely N-dealkylation sites (N-methyl/N-ethyl adjacent to an activating group) is 3. The molecule has 0 saturated carbocycles. The SMILES string of the molecule is CNC(=O)[C@@H](c1ccc(OC)cc1)N1CCC[C@H]1C(=O)N(C)CCN(C)C. The number of ether oxygens (including phenoxy) is 1. The number of likely N-dealkylation sites (tertiary alicyclic amines) is 1. The molecule has 1 aliphatic heterocycles. The fourth-order valence-electron chi connectivity index (χ4n) is 3.49. The number of rotatable bonds is 8. The highest BCUT2D eigenvalue weighted by Crippen LogP contribution is 2.31. The third-order valence-corrected chi connectivity index (χ3v) is 5.10. The second-order valence-corrected chi connectivity index (χ2v) is 7.25. The summed E-state index contributed by atoms with van der Waals surface area (Å²) in [5.41, 5.74) is 0.866. The van der Waals surface area contributed by atoms with Gasteiger partial charge in [-0.25, -0.2) is 0 Å². The van der Waals surface area contributed by atoms with Gasteiger partial charge in [-0.2, -0.15) is 0 Å². The summed E-state index contributed by atoms with van der Waals surface area (Å²) in [6, 6.07) is 6.73. The van der Waals surface area contributed by atoms with E-state index in [1.54, 1.807) is 19.1 Å². The smallest absolute Gasteiger partial charge is 0.241 e. The van der Waals surface area contributed by atoms with Crippen LogP contribution >= 0.6 is 0 Å². The summed E-state index contributed by atoms with van der Waals surface area (Å²) in [4.78, 5) is 31.6. The Labute approximate surface area is 162 Å². The van der Waals surface area contributed by atoms with Crippen molar-refractivity contribution in [1.82, 2.24) is 20.0 Å². The Bertz CT molecular complexity index is 633. The molecule has 0 spiro atoms. The first-order chi connectivity index (χ1) is 12.9. The first-order valence-electron chi connectivity index (χ1n) is 9.40. The molecule has 150 valence electrons. The van der Waals surface area contributed by atoms with E-state index in [1.807, 2.05) is 50.3 Å². The molecule has 1 aromatic rings. The molecular weight excluding hydrogens is 344 g/mol. The van der Waals surface area contributed by atoms with Gasteiger partial charge in [-0.1, -0.05) is 12.1 Å². The fraction of sp³-hybridized carbons (Fsp3) is 0.600. The van der Waals surface area contributed by atoms with Crippen molar-refractivity contribution in [2.75, 3.05) is 54.9 Å². The molecule has 1 aromatic carbocycles. The van der Waals surface area contributed by atoms with Gasteiger partial charge in [0.15, 0.2) is 0 Å². The summed E-state index contributed by atoms with van der Waals surface area (Å²) in [5, 5.41) is 2.75. The highest BCUT2D eigenvalue weighted by Gasteiger charge is 2.40. The minimum atomic E-state index is -0.486. The molecule has 1 fully saturated rings. The van der Waals surface area contributed by atoms with Crippen molar-refractivity contribution in [3.05, 3.63) is 29.8 Å². The molecule has 1 aliphatic rings. The van der Waals surface area contributed by atoms with Gasteiger partial charge < -0.3 is 19.9 Å². The molecule has 2 atom stereocenters. The Morgan fingerprint density at radius 3 is 2.44 bits per heavy atom. The highest BCUT2D eigenvalue weighted by molar-refractivity contribution is 5.86. The molecule has 7 heteroatoms. The van der Waals surface area contributed by atoms with Gasteiger partial charge in [-0.3, -0.25) is 14.5 Å². The molecule has 1 saturated heterocycles. The molecule has 2 rings (SSSR count). The lowest BCUT2D eigenvalue weighted by atomic mass is 10.0. The van der Waals surface area contributed by atoms with Crippen molar-refractivity contribution in [2.45, 2.75) is 24.9 Å². The van der Waals surface area contributed by atoms with Crippen molar-refractivity contribution in [3.8, 4) is 5.75 Å². The molecule has 1 heterocycles. The van der Waals surface area contributed by atoms with Crippen molar-refractivity contribution in [3.63, 3.8) is 0 Å². The van der Waals surface area contributed by atoms with Gasteiger partial charge in [0.2, 0.25) is 11.8 Å². The van der Waals surface area contributed by atoms with E-state index in [0.29, 0.717) is 6.54 Å². The quantitative estimate of drug-likeness (QED) is 0.732. The molecular formula is C20H32N4O3. The van der Waals surface area contributed by atoms with Crippen LogP contribution in [-0.2, 0) is 9.59 Å². The minimum Gasteiger partial charge on any atom is -0.497 e. The summed E-state index contributed by atoms with van der Waals surface area (Å²) >= 11 is 0. The van der Waals surface area contributed by atoms with E-state index in [2.05, 4.69) is 10.2 Å². The third-order valence-electron chi connectivity index (χ3n) is 5.10. The van der Waals surface area contributed by atoms with Crippen LogP contribution in [-0.4, -0.2) is 87.5 Å². The second kappa shape index (κ2) is 9.71. The zero-order valence-electron chi connectivity index (χ0n) is 17.1. The molecule has 7 nitrogen and oxygen atoms in total. The Morgan fingerprint density at radius 2 is 1.89 bits per heavy atom. The van der Waals surface area contributed by atoms with Crippen molar-refractivity contribution in [1.29, 1.82) is 0 Å². The van der Waals surface area contributed by atoms with E-state index in [0.717, 1.165) is 37.2 Å². The average Bonchev–Trinajstić information content (AvgIpc) is 3.15. The number of amides is 2. The molecule has 2 amide bonds. The molecule has 0 aromatic heterocycles. The first kappa shape index (κ1) is 21.2. The van der Waals surface area contributed by atoms with E-state index in [4.69, 9.17) is 4.74 Å². The van der Waals surface area contributed by atoms with Crippen LogP contribution in [0.3, 0.4) is 0 Å². The van der Waals surface area contributed by atoms with Gasteiger partial charge in [-0.05, 0) is 44.6 Å². The normalized spacial score (nSPS) is 18.4. The van der Waals surface area contributed by atoms with Gasteiger partial charge in [-0.15, -0.1) is 0 Å². The van der Waals surface area contributed by atoms with E-state index in [-0.39, 0.29) is 17.9 Å². The van der Waals surface area contributed by atoms with E-state index >= 15 is 0 Å². The predicted molar refractivity (Wildman–Crippen MR) is 106 cm³/mol. The first-order valence-corrected chi connectivity index (χ1v) is 9.40. The van der Waals surface area contributed by atoms with E-state index < -0.39 is 6.04 Å². The lowest BCUT2D eigenvalue weighted by Crippen LogP contribution is -2.49. The molecule has 0 aliphatic carbocycles. The molecule has 0 bridgehead atoms. The number of nitrogens with one attached hydrogen (secondary N) is 1. The summed E-state index contributed by atoms with van der Waals surface area (Å²) < 4.78 is 5.22. The summed E-state index contributed by atoms with van der Waals surface area (Å²) in [7, 11) is 9.07. The fourth-order valence-corrected chi connectivity index (χ4v) is 3.49. The topological polar surface area (TPSA) is 65.1 Å². The van der Waals surface area contributed by atoms with E-state index in [9.17, 15) is 9.59 Å². The number of hydrogen-bond donors (Lipinski definition) is 1. The molecule has 27 heavy (non-hydrogen) atoms. The number of benzene rings is 1. The predicted octanol–water partition coefficient (Wildman–Crippen LogP) is 0.967. The maximum atomic E-state index is 13.0. The van der Waals surface area contributed by atoms with Gasteiger partial charge in [0, 0.05) is 33.7 Å². The molecule has 0 unspecified atom stereocenters. The average molecular weight is 377 g/mol. The van der Waals surface area contributed by atoms with Crippen LogP contribution in [0.4, 0.5) is 0 Å². The van der Waals surface area contributed by atoms with Crippen LogP contribution in [0.1, 0.15) is 24.4 Å². The highest BCUT2D eigenvalue weighted by atomic mass is 16.5. The van der Waals surface area contributed by atoms with Gasteiger partial charge in [0.25, 0.3) is 0 Å². The van der Waals surface area contributed by atoms with Crippen LogP contribution in [0.5, 0.6) is 5.75 Å². The Morgan fingerprint density at radius 1 is 1.22 bits per heavy atom. The zero-order valence-corrected chi connectivity index (χ0v) is 17.1. The Balaban J connectivity index is 2.22. The molecule has 0 radical (unpaired) electrons.